The highest BCUT2D eigenvalue weighted by atomic mass is 19.2. The van der Waals surface area contributed by atoms with E-state index in [1.165, 1.54) is 13.1 Å². The normalized spacial score (nSPS) is 13.5. The summed E-state index contributed by atoms with van der Waals surface area (Å²) in [5, 5.41) is 2.37. The van der Waals surface area contributed by atoms with Gasteiger partial charge >= 0.3 is 0 Å². The molecule has 0 saturated heterocycles. The van der Waals surface area contributed by atoms with Gasteiger partial charge in [-0.25, -0.2) is 32.5 Å². The third-order valence-corrected chi connectivity index (χ3v) is 3.59. The SMILES string of the molecule is C/N=C(/N)O[C@H](CF)[C@H](F)c1cc(NC(=O)c2cnc(OCF)cn2)ccc1F. The van der Waals surface area contributed by atoms with E-state index in [1.807, 2.05) is 0 Å². The first-order valence-electron chi connectivity index (χ1n) is 8.10. The van der Waals surface area contributed by atoms with Crippen molar-refractivity contribution in [3.8, 4) is 5.88 Å². The van der Waals surface area contributed by atoms with Crippen molar-refractivity contribution < 1.29 is 31.8 Å². The molecule has 8 nitrogen and oxygen atoms in total. The van der Waals surface area contributed by atoms with Crippen molar-refractivity contribution >= 4 is 17.6 Å². The molecule has 3 N–H and O–H groups in total. The first kappa shape index (κ1) is 21.9. The molecule has 1 heterocycles. The molecule has 0 aliphatic heterocycles. The number of halogens is 4. The van der Waals surface area contributed by atoms with E-state index in [4.69, 9.17) is 10.5 Å². The first-order chi connectivity index (χ1) is 13.9. The van der Waals surface area contributed by atoms with Crippen molar-refractivity contribution in [2.24, 2.45) is 10.7 Å². The molecule has 1 aromatic heterocycles. The zero-order valence-electron chi connectivity index (χ0n) is 15.1. The van der Waals surface area contributed by atoms with Crippen LogP contribution in [-0.4, -0.2) is 48.6 Å². The number of hydrogen-bond acceptors (Lipinski definition) is 6. The van der Waals surface area contributed by atoms with Gasteiger partial charge < -0.3 is 20.5 Å². The predicted octanol–water partition coefficient (Wildman–Crippen LogP) is 2.48. The van der Waals surface area contributed by atoms with Crippen LogP contribution in [0.15, 0.2) is 35.6 Å². The van der Waals surface area contributed by atoms with Crippen LogP contribution in [0.2, 0.25) is 0 Å². The van der Waals surface area contributed by atoms with E-state index in [2.05, 4.69) is 25.0 Å². The summed E-state index contributed by atoms with van der Waals surface area (Å²) in [5.74, 6) is -1.85. The fourth-order valence-electron chi connectivity index (χ4n) is 2.17. The number of carbonyl (C=O) groups excluding carboxylic acids is 1. The van der Waals surface area contributed by atoms with E-state index in [0.29, 0.717) is 0 Å². The molecule has 0 bridgehead atoms. The highest BCUT2D eigenvalue weighted by Gasteiger charge is 2.28. The third kappa shape index (κ3) is 5.77. The van der Waals surface area contributed by atoms with Gasteiger partial charge in [0.05, 0.1) is 12.4 Å². The maximum Gasteiger partial charge on any atom is 0.282 e. The minimum atomic E-state index is -2.23. The zero-order valence-corrected chi connectivity index (χ0v) is 15.1. The quantitative estimate of drug-likeness (QED) is 0.389. The second-order valence-electron chi connectivity index (χ2n) is 5.46. The summed E-state index contributed by atoms with van der Waals surface area (Å²) in [7, 11) is 1.26. The molecule has 0 fully saturated rings. The molecule has 0 spiro atoms. The van der Waals surface area contributed by atoms with Gasteiger partial charge in [-0.15, -0.1) is 0 Å². The number of nitrogens with two attached hydrogens (primary N) is 1. The van der Waals surface area contributed by atoms with E-state index in [0.717, 1.165) is 24.5 Å². The Balaban J connectivity index is 2.17. The average Bonchev–Trinajstić information content (AvgIpc) is 2.73. The summed E-state index contributed by atoms with van der Waals surface area (Å²) in [5.41, 5.74) is 4.60. The van der Waals surface area contributed by atoms with Gasteiger partial charge in [0, 0.05) is 18.3 Å². The molecule has 0 unspecified atom stereocenters. The molecule has 0 aliphatic rings. The third-order valence-electron chi connectivity index (χ3n) is 3.59. The molecule has 0 radical (unpaired) electrons. The van der Waals surface area contributed by atoms with Crippen LogP contribution in [0.1, 0.15) is 22.2 Å². The van der Waals surface area contributed by atoms with Crippen molar-refractivity contribution in [2.45, 2.75) is 12.3 Å². The number of aliphatic imine (C=N–C) groups is 1. The van der Waals surface area contributed by atoms with Gasteiger partial charge in [-0.05, 0) is 18.2 Å². The molecule has 1 amide bonds. The number of alkyl halides is 3. The van der Waals surface area contributed by atoms with Gasteiger partial charge in [-0.2, -0.15) is 0 Å². The van der Waals surface area contributed by atoms with Crippen LogP contribution in [0.4, 0.5) is 23.2 Å². The number of benzene rings is 1. The summed E-state index contributed by atoms with van der Waals surface area (Å²) < 4.78 is 63.1. The zero-order chi connectivity index (χ0) is 21.4. The van der Waals surface area contributed by atoms with Gasteiger partial charge in [0.15, 0.2) is 12.3 Å². The van der Waals surface area contributed by atoms with Gasteiger partial charge in [-0.1, -0.05) is 0 Å². The Bertz CT molecular complexity index is 867. The number of rotatable bonds is 8. The number of hydrogen-bond donors (Lipinski definition) is 2. The summed E-state index contributed by atoms with van der Waals surface area (Å²) in [6, 6.07) is 2.59. The highest BCUT2D eigenvalue weighted by Crippen LogP contribution is 2.29. The van der Waals surface area contributed by atoms with Crippen molar-refractivity contribution in [2.75, 3.05) is 25.9 Å². The Hall–Kier alpha value is -3.44. The van der Waals surface area contributed by atoms with Crippen LogP contribution >= 0.6 is 0 Å². The second-order valence-corrected chi connectivity index (χ2v) is 5.46. The van der Waals surface area contributed by atoms with Crippen LogP contribution in [0, 0.1) is 5.82 Å². The topological polar surface area (TPSA) is 112 Å². The molecule has 2 atom stereocenters. The van der Waals surface area contributed by atoms with Crippen LogP contribution in [0.5, 0.6) is 5.88 Å². The van der Waals surface area contributed by atoms with Crippen LogP contribution in [0.25, 0.3) is 0 Å². The maximum absolute atomic E-state index is 14.6. The number of carbonyl (C=O) groups is 1. The van der Waals surface area contributed by atoms with Crippen LogP contribution in [0.3, 0.4) is 0 Å². The van der Waals surface area contributed by atoms with E-state index < -0.39 is 49.1 Å². The fraction of sp³-hybridized carbons (Fsp3) is 0.294. The number of amidine groups is 1. The first-order valence-corrected chi connectivity index (χ1v) is 8.10. The molecular formula is C17H17F4N5O3. The number of nitrogens with one attached hydrogen (secondary N) is 1. The van der Waals surface area contributed by atoms with E-state index in [-0.39, 0.29) is 17.3 Å². The summed E-state index contributed by atoms with van der Waals surface area (Å²) >= 11 is 0. The van der Waals surface area contributed by atoms with Gasteiger partial charge in [0.2, 0.25) is 12.7 Å². The fourth-order valence-corrected chi connectivity index (χ4v) is 2.17. The molecule has 1 aromatic carbocycles. The second kappa shape index (κ2) is 10.2. The predicted molar refractivity (Wildman–Crippen MR) is 95.2 cm³/mol. The Morgan fingerprint density at radius 1 is 1.31 bits per heavy atom. The highest BCUT2D eigenvalue weighted by molar-refractivity contribution is 6.02. The van der Waals surface area contributed by atoms with Crippen LogP contribution in [-0.2, 0) is 4.74 Å². The van der Waals surface area contributed by atoms with Gasteiger partial charge in [-0.3, -0.25) is 4.79 Å². The van der Waals surface area contributed by atoms with Crippen molar-refractivity contribution in [3.05, 3.63) is 47.7 Å². The molecular weight excluding hydrogens is 398 g/mol. The minimum absolute atomic E-state index is 0.00896. The van der Waals surface area contributed by atoms with Crippen LogP contribution < -0.4 is 15.8 Å². The standard InChI is InChI=1S/C17H17F4N5O3/c1-23-17(22)29-13(5-18)15(21)10-4-9(2-3-11(10)20)26-16(27)12-6-25-14(7-24-12)28-8-19/h2-4,6-7,13,15H,5,8H2,1H3,(H2,22,23)(H,26,27)/t13-,15-/m1/s1. The monoisotopic (exact) mass is 415 g/mol. The maximum atomic E-state index is 14.6. The Morgan fingerprint density at radius 2 is 2.07 bits per heavy atom. The van der Waals surface area contributed by atoms with E-state index >= 15 is 0 Å². The molecule has 2 rings (SSSR count). The lowest BCUT2D eigenvalue weighted by Gasteiger charge is -2.20. The molecule has 0 saturated carbocycles. The lowest BCUT2D eigenvalue weighted by molar-refractivity contribution is 0.0632. The van der Waals surface area contributed by atoms with E-state index in [9.17, 15) is 22.4 Å². The lowest BCUT2D eigenvalue weighted by atomic mass is 10.0. The Morgan fingerprint density at radius 3 is 2.66 bits per heavy atom. The molecule has 2 aromatic rings. The van der Waals surface area contributed by atoms with Gasteiger partial charge in [0.25, 0.3) is 11.9 Å². The lowest BCUT2D eigenvalue weighted by Crippen LogP contribution is -2.30. The number of anilines is 1. The largest absolute Gasteiger partial charge is 0.456 e. The summed E-state index contributed by atoms with van der Waals surface area (Å²) in [6.07, 6.45) is -1.89. The number of aromatic nitrogens is 2. The van der Waals surface area contributed by atoms with Crippen molar-refractivity contribution in [3.63, 3.8) is 0 Å². The van der Waals surface area contributed by atoms with Crippen molar-refractivity contribution in [1.29, 1.82) is 0 Å². The number of amides is 1. The summed E-state index contributed by atoms with van der Waals surface area (Å²) in [6.45, 7) is -2.40. The Kier molecular flexibility index (Phi) is 7.69. The molecule has 29 heavy (non-hydrogen) atoms. The molecule has 12 heteroatoms. The Labute approximate surface area is 162 Å². The summed E-state index contributed by atoms with van der Waals surface area (Å²) in [4.78, 5) is 23.0. The average molecular weight is 415 g/mol. The minimum Gasteiger partial charge on any atom is -0.456 e. The van der Waals surface area contributed by atoms with E-state index in [1.54, 1.807) is 0 Å². The van der Waals surface area contributed by atoms with Crippen molar-refractivity contribution in [1.82, 2.24) is 9.97 Å². The van der Waals surface area contributed by atoms with Gasteiger partial charge in [0.1, 0.15) is 18.2 Å². The molecule has 156 valence electrons. The smallest absolute Gasteiger partial charge is 0.282 e. The molecule has 0 aliphatic carbocycles. The number of ether oxygens (including phenoxy) is 2. The number of nitrogens with zero attached hydrogens (tertiary/aromatic N) is 3.